The summed E-state index contributed by atoms with van der Waals surface area (Å²) in [4.78, 5) is 27.7. The topological polar surface area (TPSA) is 86.8 Å². The summed E-state index contributed by atoms with van der Waals surface area (Å²) >= 11 is 3.33. The van der Waals surface area contributed by atoms with E-state index in [1.165, 1.54) is 4.90 Å². The van der Waals surface area contributed by atoms with Crippen LogP contribution >= 0.6 is 15.9 Å². The molecule has 2 rings (SSSR count). The van der Waals surface area contributed by atoms with Crippen LogP contribution in [0.2, 0.25) is 0 Å². The van der Waals surface area contributed by atoms with Crippen LogP contribution in [0.4, 0.5) is 5.69 Å². The van der Waals surface area contributed by atoms with Gasteiger partial charge in [-0.2, -0.15) is 0 Å². The number of hydrogen-bond donors (Lipinski definition) is 1. The van der Waals surface area contributed by atoms with E-state index in [0.717, 1.165) is 32.6 Å². The van der Waals surface area contributed by atoms with E-state index in [1.54, 1.807) is 31.2 Å². The summed E-state index contributed by atoms with van der Waals surface area (Å²) in [5.41, 5.74) is 2.31. The van der Waals surface area contributed by atoms with Crippen LogP contribution in [0.3, 0.4) is 0 Å². The van der Waals surface area contributed by atoms with Crippen molar-refractivity contribution in [3.05, 3.63) is 64.1 Å². The van der Waals surface area contributed by atoms with E-state index < -0.39 is 28.5 Å². The molecule has 0 heterocycles. The van der Waals surface area contributed by atoms with Gasteiger partial charge in [-0.3, -0.25) is 13.9 Å². The van der Waals surface area contributed by atoms with Gasteiger partial charge in [-0.15, -0.1) is 0 Å². The second kappa shape index (κ2) is 11.7. The summed E-state index contributed by atoms with van der Waals surface area (Å²) in [6, 6.07) is 13.5. The van der Waals surface area contributed by atoms with Crippen LogP contribution in [-0.4, -0.2) is 50.0 Å². The van der Waals surface area contributed by atoms with Crippen molar-refractivity contribution < 1.29 is 18.0 Å². The Morgan fingerprint density at radius 2 is 1.61 bits per heavy atom. The van der Waals surface area contributed by atoms with E-state index in [0.29, 0.717) is 5.69 Å². The molecule has 0 radical (unpaired) electrons. The van der Waals surface area contributed by atoms with E-state index >= 15 is 0 Å². The summed E-state index contributed by atoms with van der Waals surface area (Å²) < 4.78 is 26.9. The molecule has 1 N–H and O–H groups in total. The van der Waals surface area contributed by atoms with Crippen LogP contribution < -0.4 is 9.62 Å². The van der Waals surface area contributed by atoms with E-state index in [9.17, 15) is 18.0 Å². The number of halogens is 1. The van der Waals surface area contributed by atoms with Gasteiger partial charge in [-0.25, -0.2) is 8.42 Å². The quantitative estimate of drug-likeness (QED) is 0.498. The van der Waals surface area contributed by atoms with Crippen molar-refractivity contribution >= 4 is 43.5 Å². The fourth-order valence-corrected chi connectivity index (χ4v) is 4.27. The minimum Gasteiger partial charge on any atom is -0.352 e. The predicted octanol–water partition coefficient (Wildman–Crippen LogP) is 3.86. The number of nitrogens with one attached hydrogen (secondary N) is 1. The number of nitrogens with zero attached hydrogens (tertiary/aromatic N) is 2. The Bertz CT molecular complexity index is 1060. The van der Waals surface area contributed by atoms with Crippen LogP contribution in [0, 0.1) is 6.92 Å². The van der Waals surface area contributed by atoms with Crippen molar-refractivity contribution in [1.29, 1.82) is 0 Å². The highest BCUT2D eigenvalue weighted by Gasteiger charge is 2.30. The molecule has 0 unspecified atom stereocenters. The van der Waals surface area contributed by atoms with Crippen LogP contribution in [0.25, 0.3) is 0 Å². The molecular formula is C24H32BrN3O4S. The zero-order chi connectivity index (χ0) is 24.8. The molecule has 2 atom stereocenters. The van der Waals surface area contributed by atoms with Gasteiger partial charge in [-0.05, 0) is 57.0 Å². The monoisotopic (exact) mass is 537 g/mol. The Labute approximate surface area is 205 Å². The first-order chi connectivity index (χ1) is 15.4. The third kappa shape index (κ3) is 7.85. The molecule has 2 aromatic carbocycles. The van der Waals surface area contributed by atoms with E-state index in [4.69, 9.17) is 0 Å². The Balaban J connectivity index is 2.36. The molecule has 0 bridgehead atoms. The van der Waals surface area contributed by atoms with E-state index in [2.05, 4.69) is 21.2 Å². The highest BCUT2D eigenvalue weighted by molar-refractivity contribution is 9.10. The molecule has 0 saturated heterocycles. The maximum atomic E-state index is 13.4. The summed E-state index contributed by atoms with van der Waals surface area (Å²) in [7, 11) is -3.74. The lowest BCUT2D eigenvalue weighted by Crippen LogP contribution is -2.52. The molecule has 0 aliphatic carbocycles. The molecule has 33 heavy (non-hydrogen) atoms. The molecule has 9 heteroatoms. The van der Waals surface area contributed by atoms with Crippen molar-refractivity contribution in [3.63, 3.8) is 0 Å². The lowest BCUT2D eigenvalue weighted by Gasteiger charge is -2.32. The molecule has 7 nitrogen and oxygen atoms in total. The van der Waals surface area contributed by atoms with Crippen molar-refractivity contribution in [3.8, 4) is 0 Å². The molecule has 0 aromatic heterocycles. The Morgan fingerprint density at radius 1 is 1.03 bits per heavy atom. The number of carbonyl (C=O) groups is 2. The Kier molecular flexibility index (Phi) is 9.48. The Hall–Kier alpha value is -2.39. The predicted molar refractivity (Wildman–Crippen MR) is 135 cm³/mol. The van der Waals surface area contributed by atoms with Gasteiger partial charge in [0.2, 0.25) is 21.8 Å². The van der Waals surface area contributed by atoms with E-state index in [-0.39, 0.29) is 18.5 Å². The van der Waals surface area contributed by atoms with Crippen LogP contribution in [-0.2, 0) is 26.2 Å². The lowest BCUT2D eigenvalue weighted by atomic mass is 10.1. The van der Waals surface area contributed by atoms with Crippen molar-refractivity contribution in [2.24, 2.45) is 0 Å². The fraction of sp³-hybridized carbons (Fsp3) is 0.417. The van der Waals surface area contributed by atoms with Crippen LogP contribution in [0.1, 0.15) is 38.3 Å². The number of aryl methyl sites for hydroxylation is 1. The third-order valence-electron chi connectivity index (χ3n) is 5.44. The number of amides is 2. The normalized spacial score (nSPS) is 13.2. The summed E-state index contributed by atoms with van der Waals surface area (Å²) in [6.45, 7) is 7.27. The van der Waals surface area contributed by atoms with Crippen LogP contribution in [0.5, 0.6) is 0 Å². The lowest BCUT2D eigenvalue weighted by molar-refractivity contribution is -0.139. The second-order valence-electron chi connectivity index (χ2n) is 8.25. The number of rotatable bonds is 10. The largest absolute Gasteiger partial charge is 0.352 e. The highest BCUT2D eigenvalue weighted by atomic mass is 79.9. The smallest absolute Gasteiger partial charge is 0.244 e. The number of carbonyl (C=O) groups excluding carboxylic acids is 2. The van der Waals surface area contributed by atoms with Gasteiger partial charge < -0.3 is 10.2 Å². The number of sulfonamides is 1. The van der Waals surface area contributed by atoms with Gasteiger partial charge in [-0.1, -0.05) is 52.7 Å². The van der Waals surface area contributed by atoms with Crippen molar-refractivity contribution in [1.82, 2.24) is 10.2 Å². The minimum atomic E-state index is -3.74. The average molecular weight is 539 g/mol. The van der Waals surface area contributed by atoms with Gasteiger partial charge in [0.15, 0.2) is 0 Å². The molecule has 0 aliphatic rings. The summed E-state index contributed by atoms with van der Waals surface area (Å²) in [5.74, 6) is -0.741. The second-order valence-corrected chi connectivity index (χ2v) is 11.1. The molecule has 2 aromatic rings. The molecule has 2 amide bonds. The molecule has 0 saturated carbocycles. The van der Waals surface area contributed by atoms with Gasteiger partial charge >= 0.3 is 0 Å². The fourth-order valence-electron chi connectivity index (χ4n) is 3.16. The van der Waals surface area contributed by atoms with Crippen molar-refractivity contribution in [2.45, 2.75) is 52.7 Å². The average Bonchev–Trinajstić information content (AvgIpc) is 2.76. The molecule has 0 spiro atoms. The molecule has 0 aliphatic heterocycles. The molecule has 180 valence electrons. The Morgan fingerprint density at radius 3 is 2.12 bits per heavy atom. The standard InChI is InChI=1S/C24H32BrN3O4S/c1-6-18(3)26-24(30)19(4)27(15-20-9-7-17(2)8-10-20)23(29)16-28(33(5,31)32)22-13-11-21(25)12-14-22/h7-14,18-19H,6,15-16H2,1-5H3,(H,26,30)/t18-,19+/m1/s1. The first-order valence-electron chi connectivity index (χ1n) is 10.8. The molecule has 0 fully saturated rings. The van der Waals surface area contributed by atoms with Crippen LogP contribution in [0.15, 0.2) is 53.0 Å². The minimum absolute atomic E-state index is 0.0356. The number of benzene rings is 2. The summed E-state index contributed by atoms with van der Waals surface area (Å²) in [6.07, 6.45) is 1.82. The van der Waals surface area contributed by atoms with E-state index in [1.807, 2.05) is 45.0 Å². The van der Waals surface area contributed by atoms with Gasteiger partial charge in [0, 0.05) is 17.1 Å². The SMILES string of the molecule is CC[C@@H](C)NC(=O)[C@H](C)N(Cc1ccc(C)cc1)C(=O)CN(c1ccc(Br)cc1)S(C)(=O)=O. The van der Waals surface area contributed by atoms with Crippen molar-refractivity contribution in [2.75, 3.05) is 17.1 Å². The van der Waals surface area contributed by atoms with Gasteiger partial charge in [0.25, 0.3) is 0 Å². The summed E-state index contributed by atoms with van der Waals surface area (Å²) in [5, 5.41) is 2.91. The highest BCUT2D eigenvalue weighted by Crippen LogP contribution is 2.21. The first kappa shape index (κ1) is 26.9. The first-order valence-corrected chi connectivity index (χ1v) is 13.4. The maximum absolute atomic E-state index is 13.4. The number of hydrogen-bond acceptors (Lipinski definition) is 4. The zero-order valence-electron chi connectivity index (χ0n) is 19.7. The third-order valence-corrected chi connectivity index (χ3v) is 7.10. The zero-order valence-corrected chi connectivity index (χ0v) is 22.1. The van der Waals surface area contributed by atoms with Gasteiger partial charge in [0.1, 0.15) is 12.6 Å². The molecular weight excluding hydrogens is 506 g/mol. The van der Waals surface area contributed by atoms with Gasteiger partial charge in [0.05, 0.1) is 11.9 Å². The maximum Gasteiger partial charge on any atom is 0.244 e. The number of anilines is 1.